The van der Waals surface area contributed by atoms with Crippen molar-refractivity contribution in [1.29, 1.82) is 0 Å². The molecule has 0 bridgehead atoms. The van der Waals surface area contributed by atoms with E-state index >= 15 is 0 Å². The molecule has 0 saturated heterocycles. The highest BCUT2D eigenvalue weighted by Gasteiger charge is 1.93. The van der Waals surface area contributed by atoms with Crippen LogP contribution in [-0.4, -0.2) is 6.54 Å². The quantitative estimate of drug-likeness (QED) is 0.617. The maximum atomic E-state index is 5.52. The first-order valence-corrected chi connectivity index (χ1v) is 4.20. The first-order valence-electron chi connectivity index (χ1n) is 4.20. The number of nitrogens with two attached hydrogens (primary N) is 1. The molecular weight excluding hydrogens is 134 g/mol. The van der Waals surface area contributed by atoms with E-state index in [-0.39, 0.29) is 0 Å². The highest BCUT2D eigenvalue weighted by Crippen LogP contribution is 2.09. The molecule has 1 heteroatoms. The second-order valence-electron chi connectivity index (χ2n) is 2.79. The van der Waals surface area contributed by atoms with Crippen LogP contribution in [0.25, 0.3) is 0 Å². The van der Waals surface area contributed by atoms with E-state index in [0.717, 1.165) is 12.8 Å². The molecule has 1 nitrogen and oxygen atoms in total. The van der Waals surface area contributed by atoms with Gasteiger partial charge in [-0.3, -0.25) is 0 Å². The third kappa shape index (κ3) is 4.79. The highest BCUT2D eigenvalue weighted by molar-refractivity contribution is 5.06. The third-order valence-corrected chi connectivity index (χ3v) is 2.00. The van der Waals surface area contributed by atoms with Crippen molar-refractivity contribution < 1.29 is 0 Å². The van der Waals surface area contributed by atoms with Crippen molar-refractivity contribution in [3.8, 4) is 0 Å². The summed E-state index contributed by atoms with van der Waals surface area (Å²) < 4.78 is 0. The Morgan fingerprint density at radius 2 is 1.82 bits per heavy atom. The summed E-state index contributed by atoms with van der Waals surface area (Å²) in [5.74, 6) is 0. The van der Waals surface area contributed by atoms with Gasteiger partial charge in [-0.05, 0) is 33.6 Å². The summed E-state index contributed by atoms with van der Waals surface area (Å²) in [5.41, 5.74) is 8.32. The van der Waals surface area contributed by atoms with Crippen molar-refractivity contribution in [2.75, 3.05) is 6.54 Å². The van der Waals surface area contributed by atoms with Gasteiger partial charge in [0, 0.05) is 6.54 Å². The van der Waals surface area contributed by atoms with E-state index in [4.69, 9.17) is 5.73 Å². The predicted molar refractivity (Wildman–Crippen MR) is 51.5 cm³/mol. The molecule has 0 aliphatic carbocycles. The van der Waals surface area contributed by atoms with Gasteiger partial charge in [-0.2, -0.15) is 0 Å². The van der Waals surface area contributed by atoms with Gasteiger partial charge in [-0.1, -0.05) is 23.3 Å². The van der Waals surface area contributed by atoms with Crippen molar-refractivity contribution in [3.05, 3.63) is 23.3 Å². The van der Waals surface area contributed by atoms with Crippen LogP contribution in [0.2, 0.25) is 0 Å². The second kappa shape index (κ2) is 6.17. The van der Waals surface area contributed by atoms with E-state index in [1.54, 1.807) is 0 Å². The topological polar surface area (TPSA) is 26.0 Å². The number of hydrogen-bond donors (Lipinski definition) is 1. The number of hydrogen-bond acceptors (Lipinski definition) is 1. The fourth-order valence-corrected chi connectivity index (χ4v) is 0.866. The molecule has 0 aliphatic heterocycles. The van der Waals surface area contributed by atoms with Crippen LogP contribution in [0.4, 0.5) is 0 Å². The lowest BCUT2D eigenvalue weighted by Crippen LogP contribution is -2.02. The van der Waals surface area contributed by atoms with E-state index in [2.05, 4.69) is 26.0 Å². The number of allylic oxidation sites excluding steroid dienone is 3. The molecule has 0 fully saturated rings. The molecule has 0 radical (unpaired) electrons. The Morgan fingerprint density at radius 3 is 2.18 bits per heavy atom. The molecule has 11 heavy (non-hydrogen) atoms. The van der Waals surface area contributed by atoms with E-state index in [0.29, 0.717) is 6.54 Å². The molecule has 0 amide bonds. The van der Waals surface area contributed by atoms with Gasteiger partial charge in [0.1, 0.15) is 0 Å². The Bertz CT molecular complexity index is 154. The summed E-state index contributed by atoms with van der Waals surface area (Å²) in [7, 11) is 0. The first kappa shape index (κ1) is 10.4. The van der Waals surface area contributed by atoms with Crippen LogP contribution in [0, 0.1) is 0 Å². The van der Waals surface area contributed by atoms with Gasteiger partial charge in [-0.25, -0.2) is 0 Å². The van der Waals surface area contributed by atoms with Crippen molar-refractivity contribution in [2.24, 2.45) is 5.73 Å². The van der Waals surface area contributed by atoms with E-state index < -0.39 is 0 Å². The second-order valence-corrected chi connectivity index (χ2v) is 2.79. The molecule has 0 saturated carbocycles. The molecular formula is C10H19N. The zero-order valence-electron chi connectivity index (χ0n) is 7.85. The van der Waals surface area contributed by atoms with Crippen LogP contribution in [0.3, 0.4) is 0 Å². The van der Waals surface area contributed by atoms with Gasteiger partial charge in [0.2, 0.25) is 0 Å². The molecule has 0 aromatic rings. The van der Waals surface area contributed by atoms with Crippen molar-refractivity contribution >= 4 is 0 Å². The highest BCUT2D eigenvalue weighted by atomic mass is 14.5. The Hall–Kier alpha value is -0.560. The average Bonchev–Trinajstić information content (AvgIpc) is 2.06. The predicted octanol–water partition coefficient (Wildman–Crippen LogP) is 2.64. The summed E-state index contributed by atoms with van der Waals surface area (Å²) in [5, 5.41) is 0. The Morgan fingerprint density at radius 1 is 1.18 bits per heavy atom. The van der Waals surface area contributed by atoms with Crippen LogP contribution in [0.5, 0.6) is 0 Å². The standard InChI is InChI=1S/C10H19N/c1-4-9(3)6-7-10(5-2)8-11/h4-5H,6-8,11H2,1-3H3/b9-4+,10-5+. The van der Waals surface area contributed by atoms with Crippen molar-refractivity contribution in [3.63, 3.8) is 0 Å². The van der Waals surface area contributed by atoms with Crippen LogP contribution < -0.4 is 5.73 Å². The zero-order valence-corrected chi connectivity index (χ0v) is 7.85. The van der Waals surface area contributed by atoms with Gasteiger partial charge in [0.05, 0.1) is 0 Å². The molecule has 0 unspecified atom stereocenters. The maximum Gasteiger partial charge on any atom is 0.0136 e. The monoisotopic (exact) mass is 153 g/mol. The lowest BCUT2D eigenvalue weighted by atomic mass is 10.1. The van der Waals surface area contributed by atoms with Gasteiger partial charge in [-0.15, -0.1) is 0 Å². The SMILES string of the molecule is C/C=C(\C)CC/C(=C\C)CN. The molecule has 64 valence electrons. The van der Waals surface area contributed by atoms with Gasteiger partial charge >= 0.3 is 0 Å². The Kier molecular flexibility index (Phi) is 5.86. The zero-order chi connectivity index (χ0) is 8.69. The average molecular weight is 153 g/mol. The lowest BCUT2D eigenvalue weighted by molar-refractivity contribution is 0.886. The summed E-state index contributed by atoms with van der Waals surface area (Å²) in [6.45, 7) is 6.98. The smallest absolute Gasteiger partial charge is 0.0136 e. The van der Waals surface area contributed by atoms with E-state index in [1.165, 1.54) is 11.1 Å². The summed E-state index contributed by atoms with van der Waals surface area (Å²) >= 11 is 0. The summed E-state index contributed by atoms with van der Waals surface area (Å²) in [6.07, 6.45) is 6.53. The third-order valence-electron chi connectivity index (χ3n) is 2.00. The van der Waals surface area contributed by atoms with Crippen LogP contribution in [0.1, 0.15) is 33.6 Å². The fourth-order valence-electron chi connectivity index (χ4n) is 0.866. The fraction of sp³-hybridized carbons (Fsp3) is 0.600. The lowest BCUT2D eigenvalue weighted by Gasteiger charge is -2.03. The van der Waals surface area contributed by atoms with Crippen molar-refractivity contribution in [1.82, 2.24) is 0 Å². The van der Waals surface area contributed by atoms with Gasteiger partial charge in [0.15, 0.2) is 0 Å². The molecule has 0 atom stereocenters. The van der Waals surface area contributed by atoms with Crippen LogP contribution in [0.15, 0.2) is 23.3 Å². The van der Waals surface area contributed by atoms with E-state index in [1.807, 2.05) is 6.92 Å². The summed E-state index contributed by atoms with van der Waals surface area (Å²) in [6, 6.07) is 0. The van der Waals surface area contributed by atoms with Crippen LogP contribution in [-0.2, 0) is 0 Å². The molecule has 0 aromatic carbocycles. The van der Waals surface area contributed by atoms with E-state index in [9.17, 15) is 0 Å². The molecule has 2 N–H and O–H groups in total. The largest absolute Gasteiger partial charge is 0.327 e. The molecule has 0 rings (SSSR count). The summed E-state index contributed by atoms with van der Waals surface area (Å²) in [4.78, 5) is 0. The minimum Gasteiger partial charge on any atom is -0.327 e. The Labute approximate surface area is 70.0 Å². The maximum absolute atomic E-state index is 5.52. The molecule has 0 heterocycles. The normalized spacial score (nSPS) is 13.8. The molecule has 0 aliphatic rings. The molecule has 0 aromatic heterocycles. The minimum atomic E-state index is 0.702. The molecule has 0 spiro atoms. The van der Waals surface area contributed by atoms with Gasteiger partial charge < -0.3 is 5.73 Å². The minimum absolute atomic E-state index is 0.702. The van der Waals surface area contributed by atoms with Crippen molar-refractivity contribution in [2.45, 2.75) is 33.6 Å². The van der Waals surface area contributed by atoms with Crippen LogP contribution >= 0.6 is 0 Å². The first-order chi connectivity index (χ1) is 5.24. The Balaban J connectivity index is 3.69. The van der Waals surface area contributed by atoms with Gasteiger partial charge in [0.25, 0.3) is 0 Å². The number of rotatable bonds is 4.